The fourth-order valence-electron chi connectivity index (χ4n) is 2.97. The molecule has 2 aromatic heterocycles. The summed E-state index contributed by atoms with van der Waals surface area (Å²) in [5.41, 5.74) is 2.28. The third-order valence-corrected chi connectivity index (χ3v) is 4.59. The molecular formula is C20H21N5O3. The van der Waals surface area contributed by atoms with Crippen molar-refractivity contribution in [1.29, 1.82) is 0 Å². The van der Waals surface area contributed by atoms with Crippen LogP contribution in [0.25, 0.3) is 0 Å². The average Bonchev–Trinajstić information content (AvgIpc) is 3.09. The van der Waals surface area contributed by atoms with E-state index in [0.717, 1.165) is 17.0 Å². The molecule has 3 heterocycles. The van der Waals surface area contributed by atoms with Gasteiger partial charge in [0.2, 0.25) is 5.89 Å². The van der Waals surface area contributed by atoms with Gasteiger partial charge in [0, 0.05) is 25.7 Å². The Bertz CT molecular complexity index is 964. The minimum Gasteiger partial charge on any atom is -0.493 e. The molecule has 1 aliphatic rings. The first kappa shape index (κ1) is 18.1. The molecule has 0 bridgehead atoms. The van der Waals surface area contributed by atoms with Crippen molar-refractivity contribution in [3.63, 3.8) is 0 Å². The normalized spacial score (nSPS) is 14.0. The number of hydrogen-bond donors (Lipinski definition) is 0. The molecule has 1 fully saturated rings. The fourth-order valence-corrected chi connectivity index (χ4v) is 2.97. The average molecular weight is 379 g/mol. The Morgan fingerprint density at radius 2 is 2.11 bits per heavy atom. The van der Waals surface area contributed by atoms with Crippen LogP contribution in [0, 0.1) is 13.8 Å². The van der Waals surface area contributed by atoms with Crippen LogP contribution in [-0.2, 0) is 6.42 Å². The van der Waals surface area contributed by atoms with E-state index < -0.39 is 0 Å². The second-order valence-corrected chi connectivity index (χ2v) is 6.91. The highest BCUT2D eigenvalue weighted by Gasteiger charge is 2.36. The van der Waals surface area contributed by atoms with Gasteiger partial charge in [-0.1, -0.05) is 17.3 Å². The van der Waals surface area contributed by atoms with E-state index in [9.17, 15) is 4.79 Å². The number of aryl methyl sites for hydroxylation is 2. The highest BCUT2D eigenvalue weighted by Crippen LogP contribution is 2.27. The Morgan fingerprint density at radius 1 is 1.25 bits per heavy atom. The number of nitrogens with zero attached hydrogens (tertiary/aromatic N) is 5. The summed E-state index contributed by atoms with van der Waals surface area (Å²) in [7, 11) is 0. The number of likely N-dealkylation sites (tertiary alicyclic amines) is 1. The van der Waals surface area contributed by atoms with Crippen LogP contribution in [-0.4, -0.2) is 50.6 Å². The molecule has 0 aliphatic carbocycles. The second kappa shape index (κ2) is 7.75. The Kier molecular flexibility index (Phi) is 5.01. The fraction of sp³-hybridized carbons (Fsp3) is 0.350. The Balaban J connectivity index is 1.26. The van der Waals surface area contributed by atoms with Crippen LogP contribution in [0.4, 0.5) is 0 Å². The lowest BCUT2D eigenvalue weighted by Crippen LogP contribution is -2.48. The molecule has 0 saturated carbocycles. The maximum atomic E-state index is 12.4. The van der Waals surface area contributed by atoms with Gasteiger partial charge >= 0.3 is 0 Å². The van der Waals surface area contributed by atoms with E-state index in [1.165, 1.54) is 6.20 Å². The molecule has 0 atom stereocenters. The van der Waals surface area contributed by atoms with Gasteiger partial charge < -0.3 is 14.2 Å². The predicted molar refractivity (Wildman–Crippen MR) is 100 cm³/mol. The van der Waals surface area contributed by atoms with Crippen LogP contribution in [0.2, 0.25) is 0 Å². The Hall–Kier alpha value is -3.29. The van der Waals surface area contributed by atoms with Gasteiger partial charge in [0.05, 0.1) is 24.4 Å². The van der Waals surface area contributed by atoms with Crippen molar-refractivity contribution in [1.82, 2.24) is 25.0 Å². The zero-order chi connectivity index (χ0) is 19.5. The molecule has 0 N–H and O–H groups in total. The lowest BCUT2D eigenvalue weighted by Gasteiger charge is -2.36. The predicted octanol–water partition coefficient (Wildman–Crippen LogP) is 2.34. The molecule has 1 amide bonds. The van der Waals surface area contributed by atoms with Crippen molar-refractivity contribution in [2.75, 3.05) is 19.7 Å². The number of amides is 1. The van der Waals surface area contributed by atoms with Gasteiger partial charge in [0.1, 0.15) is 11.4 Å². The van der Waals surface area contributed by atoms with E-state index in [2.05, 4.69) is 20.1 Å². The van der Waals surface area contributed by atoms with Gasteiger partial charge in [0.25, 0.3) is 5.91 Å². The molecule has 1 aromatic carbocycles. The number of carbonyl (C=O) groups excluding carboxylic acids is 1. The zero-order valence-corrected chi connectivity index (χ0v) is 15.8. The second-order valence-electron chi connectivity index (χ2n) is 6.91. The minimum absolute atomic E-state index is 0.0568. The quantitative estimate of drug-likeness (QED) is 0.649. The van der Waals surface area contributed by atoms with Crippen LogP contribution in [0.1, 0.15) is 39.4 Å². The van der Waals surface area contributed by atoms with Gasteiger partial charge in [0.15, 0.2) is 5.82 Å². The van der Waals surface area contributed by atoms with Gasteiger partial charge in [-0.2, -0.15) is 4.98 Å². The van der Waals surface area contributed by atoms with Gasteiger partial charge in [-0.25, -0.2) is 4.98 Å². The first-order chi connectivity index (χ1) is 13.6. The third-order valence-electron chi connectivity index (χ3n) is 4.59. The molecule has 4 rings (SSSR count). The number of aromatic nitrogens is 4. The lowest BCUT2D eigenvalue weighted by atomic mass is 10.00. The highest BCUT2D eigenvalue weighted by molar-refractivity contribution is 5.92. The van der Waals surface area contributed by atoms with E-state index in [-0.39, 0.29) is 11.8 Å². The number of benzene rings is 1. The van der Waals surface area contributed by atoms with Crippen molar-refractivity contribution in [3.05, 3.63) is 65.3 Å². The molecule has 1 aliphatic heterocycles. The summed E-state index contributed by atoms with van der Waals surface area (Å²) in [4.78, 5) is 26.7. The monoisotopic (exact) mass is 379 g/mol. The van der Waals surface area contributed by atoms with Crippen molar-refractivity contribution in [2.24, 2.45) is 0 Å². The summed E-state index contributed by atoms with van der Waals surface area (Å²) in [6.07, 6.45) is 3.66. The summed E-state index contributed by atoms with van der Waals surface area (Å²) >= 11 is 0. The summed E-state index contributed by atoms with van der Waals surface area (Å²) in [6, 6.07) is 7.90. The maximum Gasteiger partial charge on any atom is 0.274 e. The van der Waals surface area contributed by atoms with Crippen molar-refractivity contribution < 1.29 is 14.1 Å². The zero-order valence-electron chi connectivity index (χ0n) is 15.8. The largest absolute Gasteiger partial charge is 0.493 e. The van der Waals surface area contributed by atoms with E-state index in [0.29, 0.717) is 43.5 Å². The van der Waals surface area contributed by atoms with E-state index in [4.69, 9.17) is 9.26 Å². The molecule has 8 nitrogen and oxygen atoms in total. The first-order valence-corrected chi connectivity index (χ1v) is 9.18. The van der Waals surface area contributed by atoms with Crippen LogP contribution in [0.5, 0.6) is 5.75 Å². The van der Waals surface area contributed by atoms with Gasteiger partial charge in [-0.05, 0) is 31.5 Å². The molecular weight excluding hydrogens is 358 g/mol. The van der Waals surface area contributed by atoms with Crippen LogP contribution in [0.3, 0.4) is 0 Å². The molecule has 3 aromatic rings. The summed E-state index contributed by atoms with van der Waals surface area (Å²) in [6.45, 7) is 5.41. The Labute approximate surface area is 162 Å². The SMILES string of the molecule is Cc1cccc(OCCc2noc(C3CN(C(=O)c4cnc(C)cn4)C3)n2)c1. The number of carbonyl (C=O) groups is 1. The molecule has 28 heavy (non-hydrogen) atoms. The Morgan fingerprint density at radius 3 is 2.86 bits per heavy atom. The molecule has 0 spiro atoms. The summed E-state index contributed by atoms with van der Waals surface area (Å²) in [5.74, 6) is 1.92. The van der Waals surface area contributed by atoms with Gasteiger partial charge in [-0.15, -0.1) is 0 Å². The van der Waals surface area contributed by atoms with Crippen LogP contribution < -0.4 is 4.74 Å². The summed E-state index contributed by atoms with van der Waals surface area (Å²) < 4.78 is 11.1. The lowest BCUT2D eigenvalue weighted by molar-refractivity contribution is 0.0562. The number of hydrogen-bond acceptors (Lipinski definition) is 7. The summed E-state index contributed by atoms with van der Waals surface area (Å²) in [5, 5.41) is 4.01. The van der Waals surface area contributed by atoms with Crippen molar-refractivity contribution in [3.8, 4) is 5.75 Å². The third kappa shape index (κ3) is 4.00. The molecule has 1 saturated heterocycles. The molecule has 0 unspecified atom stereocenters. The number of rotatable bonds is 6. The first-order valence-electron chi connectivity index (χ1n) is 9.18. The van der Waals surface area contributed by atoms with Crippen LogP contribution >= 0.6 is 0 Å². The van der Waals surface area contributed by atoms with Gasteiger partial charge in [-0.3, -0.25) is 9.78 Å². The van der Waals surface area contributed by atoms with E-state index in [1.807, 2.05) is 38.1 Å². The molecule has 8 heteroatoms. The molecule has 144 valence electrons. The highest BCUT2D eigenvalue weighted by atomic mass is 16.5. The molecule has 0 radical (unpaired) electrons. The van der Waals surface area contributed by atoms with Crippen molar-refractivity contribution >= 4 is 5.91 Å². The van der Waals surface area contributed by atoms with Crippen LogP contribution in [0.15, 0.2) is 41.2 Å². The van der Waals surface area contributed by atoms with E-state index in [1.54, 1.807) is 11.1 Å². The maximum absolute atomic E-state index is 12.4. The smallest absolute Gasteiger partial charge is 0.274 e. The topological polar surface area (TPSA) is 94.2 Å². The number of ether oxygens (including phenoxy) is 1. The standard InChI is InChI=1S/C20H21N5O3/c1-13-4-3-5-16(8-13)27-7-6-18-23-19(28-24-18)15-11-25(12-15)20(26)17-10-21-14(2)9-22-17/h3-5,8-10,15H,6-7,11-12H2,1-2H3. The van der Waals surface area contributed by atoms with E-state index >= 15 is 0 Å². The van der Waals surface area contributed by atoms with Crippen molar-refractivity contribution in [2.45, 2.75) is 26.2 Å². The minimum atomic E-state index is -0.130.